The minimum Gasteiger partial charge on any atom is -0.373 e. The Morgan fingerprint density at radius 3 is 2.54 bits per heavy atom. The third-order valence-corrected chi connectivity index (χ3v) is 5.46. The van der Waals surface area contributed by atoms with Crippen LogP contribution in [0.2, 0.25) is 0 Å². The first-order valence-corrected chi connectivity index (χ1v) is 9.88. The highest BCUT2D eigenvalue weighted by atomic mass is 127. The van der Waals surface area contributed by atoms with Gasteiger partial charge in [-0.05, 0) is 34.6 Å². The topological polar surface area (TPSA) is 61.8 Å². The number of aryl methyl sites for hydroxylation is 1. The third-order valence-electron chi connectivity index (χ3n) is 4.49. The van der Waals surface area contributed by atoms with Crippen molar-refractivity contribution in [2.24, 2.45) is 4.99 Å². The van der Waals surface area contributed by atoms with Crippen LogP contribution >= 0.6 is 35.3 Å². The fraction of sp³-hybridized carbons (Fsp3) is 0.778. The number of guanidine groups is 1. The summed E-state index contributed by atoms with van der Waals surface area (Å²) < 4.78 is 5.85. The van der Waals surface area contributed by atoms with Crippen molar-refractivity contribution in [3.8, 4) is 0 Å². The maximum absolute atomic E-state index is 5.85. The molecule has 1 saturated heterocycles. The maximum atomic E-state index is 5.85. The molecule has 1 aromatic heterocycles. The van der Waals surface area contributed by atoms with E-state index in [0.717, 1.165) is 43.6 Å². The Kier molecular flexibility index (Phi) is 9.77. The van der Waals surface area contributed by atoms with E-state index >= 15 is 0 Å². The van der Waals surface area contributed by atoms with Crippen LogP contribution < -0.4 is 10.6 Å². The standard InChI is InChI=1S/C18H33N5OS.HI/c1-13-10-23(11-14(2)24-13)18(4,5)12-22-17(19-6)20-8-7-16-21-9-15(3)25-16;/h9,13-14H,7-8,10-12H2,1-6H3,(H2,19,20,22);1H. The second kappa shape index (κ2) is 10.8. The maximum Gasteiger partial charge on any atom is 0.191 e. The summed E-state index contributed by atoms with van der Waals surface area (Å²) in [5.41, 5.74) is 0.0380. The highest BCUT2D eigenvalue weighted by Gasteiger charge is 2.33. The average Bonchev–Trinajstić information content (AvgIpc) is 2.95. The van der Waals surface area contributed by atoms with Gasteiger partial charge in [0.25, 0.3) is 0 Å². The monoisotopic (exact) mass is 495 g/mol. The van der Waals surface area contributed by atoms with Crippen molar-refractivity contribution >= 4 is 41.3 Å². The Morgan fingerprint density at radius 1 is 1.35 bits per heavy atom. The van der Waals surface area contributed by atoms with Gasteiger partial charge >= 0.3 is 0 Å². The van der Waals surface area contributed by atoms with E-state index < -0.39 is 0 Å². The van der Waals surface area contributed by atoms with Crippen molar-refractivity contribution in [3.63, 3.8) is 0 Å². The van der Waals surface area contributed by atoms with E-state index in [1.807, 2.05) is 13.2 Å². The zero-order chi connectivity index (χ0) is 18.4. The zero-order valence-corrected chi connectivity index (χ0v) is 20.0. The van der Waals surface area contributed by atoms with Crippen LogP contribution in [0.15, 0.2) is 11.2 Å². The van der Waals surface area contributed by atoms with E-state index in [1.165, 1.54) is 4.88 Å². The molecule has 1 aliphatic rings. The van der Waals surface area contributed by atoms with Crippen LogP contribution in [0.5, 0.6) is 0 Å². The SMILES string of the molecule is CN=C(NCCc1ncc(C)s1)NCC(C)(C)N1CC(C)OC(C)C1.I. The first kappa shape index (κ1) is 23.6. The molecule has 1 aromatic rings. The summed E-state index contributed by atoms with van der Waals surface area (Å²) in [5, 5.41) is 8.01. The van der Waals surface area contributed by atoms with Crippen molar-refractivity contribution in [1.29, 1.82) is 0 Å². The van der Waals surface area contributed by atoms with Crippen molar-refractivity contribution in [2.75, 3.05) is 33.2 Å². The molecule has 6 nitrogen and oxygen atoms in total. The van der Waals surface area contributed by atoms with Crippen LogP contribution in [0.1, 0.15) is 37.6 Å². The average molecular weight is 495 g/mol. The number of nitrogens with zero attached hydrogens (tertiary/aromatic N) is 3. The molecule has 2 rings (SSSR count). The van der Waals surface area contributed by atoms with Gasteiger partial charge in [0.2, 0.25) is 0 Å². The number of aromatic nitrogens is 1. The molecule has 1 fully saturated rings. The van der Waals surface area contributed by atoms with Gasteiger partial charge in [0.15, 0.2) is 5.96 Å². The molecule has 2 unspecified atom stereocenters. The molecule has 1 aliphatic heterocycles. The molecule has 2 N–H and O–H groups in total. The van der Waals surface area contributed by atoms with Gasteiger partial charge in [-0.2, -0.15) is 0 Å². The zero-order valence-electron chi connectivity index (χ0n) is 16.8. The smallest absolute Gasteiger partial charge is 0.191 e. The van der Waals surface area contributed by atoms with Gasteiger partial charge in [0.05, 0.1) is 17.2 Å². The molecular weight excluding hydrogens is 461 g/mol. The van der Waals surface area contributed by atoms with Gasteiger partial charge in [0, 0.05) is 56.3 Å². The van der Waals surface area contributed by atoms with Gasteiger partial charge in [0.1, 0.15) is 0 Å². The van der Waals surface area contributed by atoms with E-state index in [0.29, 0.717) is 0 Å². The molecule has 8 heteroatoms. The van der Waals surface area contributed by atoms with Gasteiger partial charge in [-0.15, -0.1) is 35.3 Å². The van der Waals surface area contributed by atoms with Crippen LogP contribution in [0, 0.1) is 6.92 Å². The summed E-state index contributed by atoms with van der Waals surface area (Å²) in [6, 6.07) is 0. The fourth-order valence-electron chi connectivity index (χ4n) is 3.11. The van der Waals surface area contributed by atoms with Crippen LogP contribution in [-0.2, 0) is 11.2 Å². The van der Waals surface area contributed by atoms with Crippen molar-refractivity contribution in [2.45, 2.75) is 58.8 Å². The normalized spacial score (nSPS) is 22.0. The highest BCUT2D eigenvalue weighted by Crippen LogP contribution is 2.20. The summed E-state index contributed by atoms with van der Waals surface area (Å²) in [6.07, 6.45) is 3.41. The molecule has 0 bridgehead atoms. The van der Waals surface area contributed by atoms with Crippen LogP contribution in [0.4, 0.5) is 0 Å². The number of morpholine rings is 1. The minimum absolute atomic E-state index is 0. The number of thiazole rings is 1. The molecule has 0 saturated carbocycles. The van der Waals surface area contributed by atoms with E-state index in [2.05, 4.69) is 60.1 Å². The predicted molar refractivity (Wildman–Crippen MR) is 121 cm³/mol. The Bertz CT molecular complexity index is 568. The van der Waals surface area contributed by atoms with E-state index in [-0.39, 0.29) is 41.7 Å². The van der Waals surface area contributed by atoms with Crippen LogP contribution in [-0.4, -0.2) is 66.8 Å². The summed E-state index contributed by atoms with van der Waals surface area (Å²) in [6.45, 7) is 14.5. The number of rotatable bonds is 6. The summed E-state index contributed by atoms with van der Waals surface area (Å²) >= 11 is 1.75. The lowest BCUT2D eigenvalue weighted by Crippen LogP contribution is -2.59. The van der Waals surface area contributed by atoms with E-state index in [1.54, 1.807) is 11.3 Å². The fourth-order valence-corrected chi connectivity index (χ4v) is 3.90. The number of hydrogen-bond acceptors (Lipinski definition) is 5. The largest absolute Gasteiger partial charge is 0.373 e. The number of hydrogen-bond donors (Lipinski definition) is 2. The summed E-state index contributed by atoms with van der Waals surface area (Å²) in [7, 11) is 1.81. The molecular formula is C18H34IN5OS. The van der Waals surface area contributed by atoms with Crippen LogP contribution in [0.25, 0.3) is 0 Å². The minimum atomic E-state index is 0. The van der Waals surface area contributed by atoms with Gasteiger partial charge < -0.3 is 15.4 Å². The summed E-state index contributed by atoms with van der Waals surface area (Å²) in [5.74, 6) is 0.843. The van der Waals surface area contributed by atoms with E-state index in [9.17, 15) is 0 Å². The lowest BCUT2D eigenvalue weighted by Gasteiger charge is -2.45. The molecule has 0 aliphatic carbocycles. The lowest BCUT2D eigenvalue weighted by atomic mass is 10.00. The summed E-state index contributed by atoms with van der Waals surface area (Å²) in [4.78, 5) is 12.5. The second-order valence-corrected chi connectivity index (χ2v) is 8.76. The van der Waals surface area contributed by atoms with Gasteiger partial charge in [-0.3, -0.25) is 9.89 Å². The number of nitrogens with one attached hydrogen (secondary N) is 2. The molecule has 0 radical (unpaired) electrons. The number of halogens is 1. The molecule has 150 valence electrons. The predicted octanol–water partition coefficient (Wildman–Crippen LogP) is 2.66. The Balaban J connectivity index is 0.00000338. The first-order valence-electron chi connectivity index (χ1n) is 9.06. The highest BCUT2D eigenvalue weighted by molar-refractivity contribution is 14.0. The second-order valence-electron chi connectivity index (χ2n) is 7.44. The Morgan fingerprint density at radius 2 is 2.00 bits per heavy atom. The number of ether oxygens (including phenoxy) is 1. The molecule has 0 aromatic carbocycles. The molecule has 0 amide bonds. The molecule has 2 atom stereocenters. The molecule has 0 spiro atoms. The van der Waals surface area contributed by atoms with Gasteiger partial charge in [-0.1, -0.05) is 0 Å². The Hall–Kier alpha value is -0.450. The Labute approximate surface area is 179 Å². The lowest BCUT2D eigenvalue weighted by molar-refractivity contribution is -0.0946. The van der Waals surface area contributed by atoms with Crippen molar-refractivity contribution in [3.05, 3.63) is 16.1 Å². The van der Waals surface area contributed by atoms with Crippen molar-refractivity contribution < 1.29 is 4.74 Å². The first-order chi connectivity index (χ1) is 11.8. The van der Waals surface area contributed by atoms with E-state index in [4.69, 9.17) is 4.74 Å². The number of aliphatic imine (C=N–C) groups is 1. The van der Waals surface area contributed by atoms with Crippen LogP contribution in [0.3, 0.4) is 0 Å². The quantitative estimate of drug-likeness (QED) is 0.361. The van der Waals surface area contributed by atoms with Gasteiger partial charge in [-0.25, -0.2) is 4.98 Å². The molecule has 2 heterocycles. The third kappa shape index (κ3) is 7.28. The molecule has 26 heavy (non-hydrogen) atoms. The van der Waals surface area contributed by atoms with Crippen molar-refractivity contribution in [1.82, 2.24) is 20.5 Å².